The van der Waals surface area contributed by atoms with Crippen LogP contribution in [0.25, 0.3) is 11.0 Å². The lowest BCUT2D eigenvalue weighted by Gasteiger charge is -2.18. The smallest absolute Gasteiger partial charge is 0.245 e. The van der Waals surface area contributed by atoms with Gasteiger partial charge in [0.15, 0.2) is 11.5 Å². The zero-order valence-electron chi connectivity index (χ0n) is 17.1. The largest absolute Gasteiger partial charge is 0.493 e. The van der Waals surface area contributed by atoms with Crippen molar-refractivity contribution in [3.05, 3.63) is 77.9 Å². The Labute approximate surface area is 185 Å². The Morgan fingerprint density at radius 3 is 2.52 bits per heavy atom. The highest BCUT2D eigenvalue weighted by Gasteiger charge is 2.25. The van der Waals surface area contributed by atoms with Gasteiger partial charge in [-0.15, -0.1) is 0 Å². The molecule has 0 N–H and O–H groups in total. The van der Waals surface area contributed by atoms with Crippen molar-refractivity contribution < 1.29 is 17.9 Å². The molecule has 4 rings (SSSR count). The molecule has 4 aromatic rings. The van der Waals surface area contributed by atoms with Crippen molar-refractivity contribution in [1.82, 2.24) is 13.1 Å². The predicted molar refractivity (Wildman–Crippen MR) is 120 cm³/mol. The molecule has 160 valence electrons. The molecule has 0 atom stereocenters. The molecule has 0 bridgehead atoms. The van der Waals surface area contributed by atoms with E-state index in [-0.39, 0.29) is 11.4 Å². The number of aromatic nitrogens is 2. The van der Waals surface area contributed by atoms with Gasteiger partial charge in [0, 0.05) is 13.6 Å². The molecule has 0 aliphatic rings. The maximum Gasteiger partial charge on any atom is 0.245 e. The molecule has 1 heterocycles. The predicted octanol–water partition coefficient (Wildman–Crippen LogP) is 4.10. The van der Waals surface area contributed by atoms with E-state index < -0.39 is 10.0 Å². The van der Waals surface area contributed by atoms with Crippen LogP contribution in [0.1, 0.15) is 11.1 Å². The first-order valence-corrected chi connectivity index (χ1v) is 11.7. The highest BCUT2D eigenvalue weighted by atomic mass is 32.2. The van der Waals surface area contributed by atoms with Gasteiger partial charge in [-0.3, -0.25) is 0 Å². The van der Waals surface area contributed by atoms with Crippen molar-refractivity contribution in [2.45, 2.75) is 18.0 Å². The van der Waals surface area contributed by atoms with Gasteiger partial charge in [-0.2, -0.15) is 13.1 Å². The van der Waals surface area contributed by atoms with Gasteiger partial charge in [0.1, 0.15) is 22.5 Å². The summed E-state index contributed by atoms with van der Waals surface area (Å²) in [5, 5.41) is 0. The van der Waals surface area contributed by atoms with Crippen molar-refractivity contribution in [2.75, 3.05) is 14.2 Å². The number of hydrogen-bond donors (Lipinski definition) is 0. The van der Waals surface area contributed by atoms with E-state index >= 15 is 0 Å². The van der Waals surface area contributed by atoms with E-state index in [2.05, 4.69) is 8.75 Å². The van der Waals surface area contributed by atoms with Crippen LogP contribution in [0.2, 0.25) is 0 Å². The second-order valence-electron chi connectivity index (χ2n) is 6.91. The third kappa shape index (κ3) is 4.53. The van der Waals surface area contributed by atoms with E-state index in [1.165, 1.54) is 4.31 Å². The van der Waals surface area contributed by atoms with Crippen LogP contribution in [-0.2, 0) is 23.2 Å². The van der Waals surface area contributed by atoms with E-state index in [0.717, 1.165) is 22.9 Å². The summed E-state index contributed by atoms with van der Waals surface area (Å²) >= 11 is 0.995. The van der Waals surface area contributed by atoms with Crippen molar-refractivity contribution in [1.29, 1.82) is 0 Å². The molecule has 0 saturated heterocycles. The molecule has 0 unspecified atom stereocenters. The van der Waals surface area contributed by atoms with Crippen molar-refractivity contribution in [3.63, 3.8) is 0 Å². The average molecular weight is 456 g/mol. The minimum Gasteiger partial charge on any atom is -0.493 e. The third-order valence-corrected chi connectivity index (χ3v) is 7.19. The zero-order valence-corrected chi connectivity index (χ0v) is 18.7. The summed E-state index contributed by atoms with van der Waals surface area (Å²) in [7, 11) is -0.642. The van der Waals surface area contributed by atoms with Gasteiger partial charge >= 0.3 is 0 Å². The molecule has 0 saturated carbocycles. The van der Waals surface area contributed by atoms with Gasteiger partial charge in [-0.25, -0.2) is 8.42 Å². The standard InChI is InChI=1S/C22H21N3O4S2/c1-25(31(26,27)21-10-6-9-18-22(21)24-30-23-18)14-17-11-12-19(20(13-17)28-2)29-15-16-7-4-3-5-8-16/h3-13H,14-15H2,1-2H3. The molecule has 0 spiro atoms. The number of methoxy groups -OCH3 is 1. The number of ether oxygens (including phenoxy) is 2. The second kappa shape index (κ2) is 9.01. The summed E-state index contributed by atoms with van der Waals surface area (Å²) in [5.41, 5.74) is 2.78. The molecule has 0 radical (unpaired) electrons. The first-order valence-electron chi connectivity index (χ1n) is 9.50. The first kappa shape index (κ1) is 21.2. The number of benzene rings is 3. The number of rotatable bonds is 8. The summed E-state index contributed by atoms with van der Waals surface area (Å²) in [6.45, 7) is 0.585. The van der Waals surface area contributed by atoms with E-state index in [0.29, 0.717) is 29.1 Å². The van der Waals surface area contributed by atoms with Gasteiger partial charge in [-0.1, -0.05) is 42.5 Å². The van der Waals surface area contributed by atoms with Crippen LogP contribution in [0.15, 0.2) is 71.6 Å². The van der Waals surface area contributed by atoms with Gasteiger partial charge in [0.25, 0.3) is 0 Å². The average Bonchev–Trinajstić information content (AvgIpc) is 3.27. The SMILES string of the molecule is COc1cc(CN(C)S(=O)(=O)c2cccc3nsnc23)ccc1OCc1ccccc1. The van der Waals surface area contributed by atoms with E-state index in [1.54, 1.807) is 44.5 Å². The van der Waals surface area contributed by atoms with Crippen molar-refractivity contribution in [3.8, 4) is 11.5 Å². The molecular formula is C22H21N3O4S2. The highest BCUT2D eigenvalue weighted by Crippen LogP contribution is 2.30. The Bertz CT molecular complexity index is 1290. The molecular weight excluding hydrogens is 434 g/mol. The lowest BCUT2D eigenvalue weighted by molar-refractivity contribution is 0.284. The minimum absolute atomic E-state index is 0.149. The fourth-order valence-electron chi connectivity index (χ4n) is 3.16. The zero-order chi connectivity index (χ0) is 21.8. The summed E-state index contributed by atoms with van der Waals surface area (Å²) in [4.78, 5) is 0.149. The van der Waals surface area contributed by atoms with Crippen LogP contribution in [0.3, 0.4) is 0 Å². The summed E-state index contributed by atoms with van der Waals surface area (Å²) in [6.07, 6.45) is 0. The number of fused-ring (bicyclic) bond motifs is 1. The molecule has 0 aliphatic heterocycles. The molecule has 0 amide bonds. The van der Waals surface area contributed by atoms with E-state index in [9.17, 15) is 8.42 Å². The summed E-state index contributed by atoms with van der Waals surface area (Å²) < 4.78 is 47.2. The lowest BCUT2D eigenvalue weighted by Crippen LogP contribution is -2.26. The third-order valence-electron chi connectivity index (χ3n) is 4.81. The Hall–Kier alpha value is -3.01. The van der Waals surface area contributed by atoms with Gasteiger partial charge in [-0.05, 0) is 35.4 Å². The molecule has 1 aromatic heterocycles. The highest BCUT2D eigenvalue weighted by molar-refractivity contribution is 7.89. The normalized spacial score (nSPS) is 11.7. The fourth-order valence-corrected chi connectivity index (χ4v) is 5.07. The van der Waals surface area contributed by atoms with Crippen molar-refractivity contribution in [2.24, 2.45) is 0 Å². The topological polar surface area (TPSA) is 81.6 Å². The molecule has 31 heavy (non-hydrogen) atoms. The number of sulfonamides is 1. The molecule has 9 heteroatoms. The Kier molecular flexibility index (Phi) is 6.17. The Morgan fingerprint density at radius 1 is 0.935 bits per heavy atom. The maximum atomic E-state index is 13.1. The fraction of sp³-hybridized carbons (Fsp3) is 0.182. The molecule has 0 fully saturated rings. The van der Waals surface area contributed by atoms with Crippen LogP contribution < -0.4 is 9.47 Å². The van der Waals surface area contributed by atoms with Gasteiger partial charge < -0.3 is 9.47 Å². The Balaban J connectivity index is 1.52. The van der Waals surface area contributed by atoms with Gasteiger partial charge in [0.05, 0.1) is 18.8 Å². The van der Waals surface area contributed by atoms with Crippen LogP contribution >= 0.6 is 11.7 Å². The van der Waals surface area contributed by atoms with Gasteiger partial charge in [0.2, 0.25) is 10.0 Å². The Morgan fingerprint density at radius 2 is 1.74 bits per heavy atom. The first-order chi connectivity index (χ1) is 15.0. The number of nitrogens with zero attached hydrogens (tertiary/aromatic N) is 3. The molecule has 3 aromatic carbocycles. The van der Waals surface area contributed by atoms with E-state index in [1.807, 2.05) is 36.4 Å². The summed E-state index contributed by atoms with van der Waals surface area (Å²) in [6, 6.07) is 20.2. The molecule has 0 aliphatic carbocycles. The monoisotopic (exact) mass is 455 g/mol. The van der Waals surface area contributed by atoms with Crippen molar-refractivity contribution >= 4 is 32.8 Å². The molecule has 7 nitrogen and oxygen atoms in total. The minimum atomic E-state index is -3.74. The quantitative estimate of drug-likeness (QED) is 0.398. The van der Waals surface area contributed by atoms with Crippen LogP contribution in [0.4, 0.5) is 0 Å². The number of hydrogen-bond acceptors (Lipinski definition) is 7. The summed E-state index contributed by atoms with van der Waals surface area (Å²) in [5.74, 6) is 1.14. The van der Waals surface area contributed by atoms with E-state index in [4.69, 9.17) is 9.47 Å². The van der Waals surface area contributed by atoms with Crippen LogP contribution in [-0.4, -0.2) is 35.6 Å². The van der Waals surface area contributed by atoms with Crippen LogP contribution in [0.5, 0.6) is 11.5 Å². The second-order valence-corrected chi connectivity index (χ2v) is 9.45. The lowest BCUT2D eigenvalue weighted by atomic mass is 10.2. The maximum absolute atomic E-state index is 13.1. The van der Waals surface area contributed by atoms with Crippen LogP contribution in [0, 0.1) is 0 Å².